The highest BCUT2D eigenvalue weighted by molar-refractivity contribution is 5.89. The van der Waals surface area contributed by atoms with Crippen molar-refractivity contribution in [2.75, 3.05) is 36.4 Å². The number of piperazine rings is 1. The fourth-order valence-electron chi connectivity index (χ4n) is 4.38. The van der Waals surface area contributed by atoms with Gasteiger partial charge in [0.1, 0.15) is 5.82 Å². The largest absolute Gasteiger partial charge is 0.416 e. The van der Waals surface area contributed by atoms with E-state index in [0.29, 0.717) is 37.6 Å². The molecule has 0 bridgehead atoms. The molecule has 1 saturated heterocycles. The summed E-state index contributed by atoms with van der Waals surface area (Å²) >= 11 is 0. The number of urea groups is 1. The second-order valence-corrected chi connectivity index (χ2v) is 9.37. The molecule has 2 amide bonds. The van der Waals surface area contributed by atoms with Crippen molar-refractivity contribution in [1.29, 1.82) is 0 Å². The molecule has 3 aromatic rings. The van der Waals surface area contributed by atoms with Crippen LogP contribution in [0.4, 0.5) is 29.5 Å². The SMILES string of the molecule is Cc1ccc(NC(=O)N2CCN(c3nc(-c4ccc(C(F)(F)F)cc4)nc(C)c3C(C)C)CC2)cc1. The summed E-state index contributed by atoms with van der Waals surface area (Å²) in [5.41, 5.74) is 3.49. The van der Waals surface area contributed by atoms with Crippen molar-refractivity contribution in [2.45, 2.75) is 39.8 Å². The Morgan fingerprint density at radius 1 is 0.917 bits per heavy atom. The average molecular weight is 498 g/mol. The molecule has 0 spiro atoms. The van der Waals surface area contributed by atoms with E-state index in [1.165, 1.54) is 12.1 Å². The van der Waals surface area contributed by atoms with E-state index in [1.54, 1.807) is 4.90 Å². The highest BCUT2D eigenvalue weighted by Gasteiger charge is 2.30. The standard InChI is InChI=1S/C27H30F3N5O/c1-17(2)23-19(4)31-24(20-7-9-21(10-8-20)27(28,29)30)33-25(23)34-13-15-35(16-14-34)26(36)32-22-11-5-18(3)6-12-22/h5-12,17H,13-16H2,1-4H3,(H,32,36). The first-order chi connectivity index (χ1) is 17.0. The maximum Gasteiger partial charge on any atom is 0.416 e. The van der Waals surface area contributed by atoms with Gasteiger partial charge in [-0.25, -0.2) is 14.8 Å². The van der Waals surface area contributed by atoms with Crippen molar-refractivity contribution >= 4 is 17.5 Å². The molecule has 2 heterocycles. The zero-order valence-corrected chi connectivity index (χ0v) is 20.9. The Labute approximate surface area is 209 Å². The third-order valence-electron chi connectivity index (χ3n) is 6.33. The normalized spacial score (nSPS) is 14.3. The van der Waals surface area contributed by atoms with E-state index < -0.39 is 11.7 Å². The van der Waals surface area contributed by atoms with E-state index >= 15 is 0 Å². The number of alkyl halides is 3. The van der Waals surface area contributed by atoms with E-state index in [9.17, 15) is 18.0 Å². The van der Waals surface area contributed by atoms with Gasteiger partial charge >= 0.3 is 12.2 Å². The quantitative estimate of drug-likeness (QED) is 0.462. The molecule has 0 atom stereocenters. The van der Waals surface area contributed by atoms with Crippen LogP contribution in [0.15, 0.2) is 48.5 Å². The number of aryl methyl sites for hydroxylation is 2. The van der Waals surface area contributed by atoms with Gasteiger partial charge in [0.15, 0.2) is 5.82 Å². The number of amides is 2. The van der Waals surface area contributed by atoms with Gasteiger partial charge in [-0.1, -0.05) is 43.7 Å². The summed E-state index contributed by atoms with van der Waals surface area (Å²) in [5.74, 6) is 1.32. The Bertz CT molecular complexity index is 1220. The maximum absolute atomic E-state index is 13.0. The summed E-state index contributed by atoms with van der Waals surface area (Å²) in [5, 5.41) is 2.94. The fraction of sp³-hybridized carbons (Fsp3) is 0.370. The number of hydrogen-bond acceptors (Lipinski definition) is 4. The molecule has 0 unspecified atom stereocenters. The Hall–Kier alpha value is -3.62. The topological polar surface area (TPSA) is 61.4 Å². The molecule has 0 aliphatic carbocycles. The monoisotopic (exact) mass is 497 g/mol. The van der Waals surface area contributed by atoms with Crippen molar-refractivity contribution in [1.82, 2.24) is 14.9 Å². The van der Waals surface area contributed by atoms with Crippen LogP contribution in [0, 0.1) is 13.8 Å². The summed E-state index contributed by atoms with van der Waals surface area (Å²) in [7, 11) is 0. The van der Waals surface area contributed by atoms with Gasteiger partial charge in [-0.2, -0.15) is 13.2 Å². The Morgan fingerprint density at radius 2 is 1.53 bits per heavy atom. The van der Waals surface area contributed by atoms with Gasteiger partial charge in [-0.15, -0.1) is 0 Å². The second-order valence-electron chi connectivity index (χ2n) is 9.37. The lowest BCUT2D eigenvalue weighted by Crippen LogP contribution is -2.50. The summed E-state index contributed by atoms with van der Waals surface area (Å²) in [6, 6.07) is 12.4. The Kier molecular flexibility index (Phi) is 7.19. The number of hydrogen-bond donors (Lipinski definition) is 1. The molecule has 1 aromatic heterocycles. The molecule has 2 aromatic carbocycles. The summed E-state index contributed by atoms with van der Waals surface area (Å²) in [6.45, 7) is 10.2. The van der Waals surface area contributed by atoms with Gasteiger partial charge in [0.05, 0.1) is 5.56 Å². The third-order valence-corrected chi connectivity index (χ3v) is 6.33. The molecule has 1 aliphatic rings. The lowest BCUT2D eigenvalue weighted by molar-refractivity contribution is -0.137. The van der Waals surface area contributed by atoms with Crippen molar-refractivity contribution in [3.05, 3.63) is 70.9 Å². The van der Waals surface area contributed by atoms with E-state index in [0.717, 1.165) is 40.5 Å². The average Bonchev–Trinajstić information content (AvgIpc) is 2.84. The highest BCUT2D eigenvalue weighted by Crippen LogP contribution is 2.33. The van der Waals surface area contributed by atoms with Crippen molar-refractivity contribution in [3.8, 4) is 11.4 Å². The maximum atomic E-state index is 13.0. The van der Waals surface area contributed by atoms with Gasteiger partial charge < -0.3 is 15.1 Å². The lowest BCUT2D eigenvalue weighted by Gasteiger charge is -2.37. The van der Waals surface area contributed by atoms with E-state index in [-0.39, 0.29) is 11.9 Å². The molecule has 0 saturated carbocycles. The molecule has 6 nitrogen and oxygen atoms in total. The first-order valence-electron chi connectivity index (χ1n) is 12.0. The lowest BCUT2D eigenvalue weighted by atomic mass is 10.0. The van der Waals surface area contributed by atoms with Gasteiger partial charge in [-0.3, -0.25) is 0 Å². The minimum absolute atomic E-state index is 0.146. The number of carbonyl (C=O) groups excluding carboxylic acids is 1. The number of benzene rings is 2. The zero-order valence-electron chi connectivity index (χ0n) is 20.9. The van der Waals surface area contributed by atoms with Crippen molar-refractivity contribution < 1.29 is 18.0 Å². The number of nitrogens with zero attached hydrogens (tertiary/aromatic N) is 4. The number of halogens is 3. The van der Waals surface area contributed by atoms with Crippen molar-refractivity contribution in [3.63, 3.8) is 0 Å². The number of carbonyl (C=O) groups is 1. The highest BCUT2D eigenvalue weighted by atomic mass is 19.4. The molecule has 190 valence electrons. The molecule has 36 heavy (non-hydrogen) atoms. The predicted molar refractivity (Wildman–Crippen MR) is 135 cm³/mol. The van der Waals surface area contributed by atoms with Gasteiger partial charge in [0.25, 0.3) is 0 Å². The van der Waals surface area contributed by atoms with Crippen LogP contribution in [0.1, 0.15) is 42.1 Å². The van der Waals surface area contributed by atoms with E-state index in [2.05, 4.69) is 29.0 Å². The molecule has 0 radical (unpaired) electrons. The molecular formula is C27H30F3N5O. The van der Waals surface area contributed by atoms with Crippen LogP contribution < -0.4 is 10.2 Å². The number of anilines is 2. The summed E-state index contributed by atoms with van der Waals surface area (Å²) < 4.78 is 39.0. The Balaban J connectivity index is 1.53. The van der Waals surface area contributed by atoms with Crippen LogP contribution in [0.3, 0.4) is 0 Å². The number of rotatable bonds is 4. The number of nitrogens with one attached hydrogen (secondary N) is 1. The van der Waals surface area contributed by atoms with Gasteiger partial charge in [0.2, 0.25) is 0 Å². The third kappa shape index (κ3) is 5.61. The molecule has 1 aliphatic heterocycles. The Morgan fingerprint density at radius 3 is 2.08 bits per heavy atom. The van der Waals surface area contributed by atoms with Crippen LogP contribution in [0.5, 0.6) is 0 Å². The van der Waals surface area contributed by atoms with Crippen LogP contribution in [-0.2, 0) is 6.18 Å². The van der Waals surface area contributed by atoms with Crippen LogP contribution >= 0.6 is 0 Å². The summed E-state index contributed by atoms with van der Waals surface area (Å²) in [6.07, 6.45) is -4.40. The van der Waals surface area contributed by atoms with Crippen LogP contribution in [0.2, 0.25) is 0 Å². The molecule has 4 rings (SSSR count). The predicted octanol–water partition coefficient (Wildman–Crippen LogP) is 6.26. The van der Waals surface area contributed by atoms with E-state index in [1.807, 2.05) is 38.1 Å². The molecular weight excluding hydrogens is 467 g/mol. The second kappa shape index (κ2) is 10.2. The first-order valence-corrected chi connectivity index (χ1v) is 12.0. The number of aromatic nitrogens is 2. The molecule has 1 N–H and O–H groups in total. The minimum Gasteiger partial charge on any atom is -0.353 e. The molecule has 9 heteroatoms. The minimum atomic E-state index is -4.40. The zero-order chi connectivity index (χ0) is 26.0. The smallest absolute Gasteiger partial charge is 0.353 e. The van der Waals surface area contributed by atoms with Gasteiger partial charge in [0, 0.05) is 48.7 Å². The van der Waals surface area contributed by atoms with E-state index in [4.69, 9.17) is 4.98 Å². The van der Waals surface area contributed by atoms with Crippen LogP contribution in [0.25, 0.3) is 11.4 Å². The van der Waals surface area contributed by atoms with Crippen LogP contribution in [-0.4, -0.2) is 47.1 Å². The molecule has 1 fully saturated rings. The fourth-order valence-corrected chi connectivity index (χ4v) is 4.38. The van der Waals surface area contributed by atoms with Gasteiger partial charge in [-0.05, 0) is 44.0 Å². The first kappa shape index (κ1) is 25.5. The summed E-state index contributed by atoms with van der Waals surface area (Å²) in [4.78, 5) is 26.1. The van der Waals surface area contributed by atoms with Crippen molar-refractivity contribution in [2.24, 2.45) is 0 Å².